The van der Waals surface area contributed by atoms with Crippen LogP contribution < -0.4 is 5.32 Å². The zero-order valence-electron chi connectivity index (χ0n) is 14.9. The molecule has 3 aliphatic rings. The fraction of sp³-hybridized carbons (Fsp3) is 0.619. The normalized spacial score (nSPS) is 36.9. The van der Waals surface area contributed by atoms with Crippen LogP contribution in [0.1, 0.15) is 64.5 Å². The van der Waals surface area contributed by atoms with Crippen LogP contribution >= 0.6 is 0 Å². The summed E-state index contributed by atoms with van der Waals surface area (Å²) in [7, 11) is 0. The van der Waals surface area contributed by atoms with Crippen molar-refractivity contribution >= 4 is 5.69 Å². The second kappa shape index (κ2) is 3.99. The largest absolute Gasteiger partial charge is 0.380 e. The van der Waals surface area contributed by atoms with Gasteiger partial charge < -0.3 is 5.32 Å². The van der Waals surface area contributed by atoms with Crippen molar-refractivity contribution in [1.29, 1.82) is 0 Å². The van der Waals surface area contributed by atoms with Crippen molar-refractivity contribution < 1.29 is 0 Å². The minimum Gasteiger partial charge on any atom is -0.380 e. The Morgan fingerprint density at radius 1 is 1.09 bits per heavy atom. The zero-order chi connectivity index (χ0) is 15.9. The highest BCUT2D eigenvalue weighted by Gasteiger charge is 2.61. The second-order valence-electron chi connectivity index (χ2n) is 9.31. The van der Waals surface area contributed by atoms with E-state index in [9.17, 15) is 0 Å². The zero-order valence-corrected chi connectivity index (χ0v) is 14.9. The summed E-state index contributed by atoms with van der Waals surface area (Å²) in [5, 5.41) is 3.93. The summed E-state index contributed by atoms with van der Waals surface area (Å²) >= 11 is 0. The van der Waals surface area contributed by atoms with Crippen LogP contribution in [0.25, 0.3) is 0 Å². The maximum atomic E-state index is 3.93. The van der Waals surface area contributed by atoms with E-state index in [1.165, 1.54) is 24.1 Å². The standard InChI is InChI=1S/C21H29N/c1-13-7-8-16-14(11-13)15-9-10-19(2,3)17-12-20(4,5)18(22-16)21(15,17)6/h7-8,11-12,15,18,22H,9-10H2,1-6H3/t15-,18-,21+/m1/s1. The molecule has 0 bridgehead atoms. The fourth-order valence-corrected chi connectivity index (χ4v) is 5.86. The SMILES string of the molecule is Cc1ccc2c(c1)[C@H]1CCC(C)(C)C3=CC(C)(C)[C@@H](N2)[C@]31C. The predicted octanol–water partition coefficient (Wildman–Crippen LogP) is 5.67. The van der Waals surface area contributed by atoms with Crippen molar-refractivity contribution in [3.8, 4) is 0 Å². The van der Waals surface area contributed by atoms with Gasteiger partial charge in [-0.1, -0.05) is 64.0 Å². The predicted molar refractivity (Wildman–Crippen MR) is 94.3 cm³/mol. The van der Waals surface area contributed by atoms with Crippen molar-refractivity contribution in [3.05, 3.63) is 41.0 Å². The summed E-state index contributed by atoms with van der Waals surface area (Å²) in [6.07, 6.45) is 5.22. The Morgan fingerprint density at radius 3 is 2.55 bits per heavy atom. The smallest absolute Gasteiger partial charge is 0.0443 e. The van der Waals surface area contributed by atoms with Crippen molar-refractivity contribution in [2.75, 3.05) is 5.32 Å². The van der Waals surface area contributed by atoms with Crippen molar-refractivity contribution in [2.45, 2.75) is 66.3 Å². The summed E-state index contributed by atoms with van der Waals surface area (Å²) in [5.74, 6) is 0.662. The van der Waals surface area contributed by atoms with E-state index in [1.54, 1.807) is 11.1 Å². The molecule has 22 heavy (non-hydrogen) atoms. The molecule has 0 radical (unpaired) electrons. The van der Waals surface area contributed by atoms with E-state index in [0.29, 0.717) is 17.4 Å². The maximum Gasteiger partial charge on any atom is 0.0443 e. The molecule has 118 valence electrons. The molecule has 1 N–H and O–H groups in total. The number of nitrogens with one attached hydrogen (secondary N) is 1. The number of fused-ring (bicyclic) bond motifs is 2. The number of hydrogen-bond acceptors (Lipinski definition) is 1. The van der Waals surface area contributed by atoms with Crippen LogP contribution in [0, 0.1) is 23.2 Å². The third-order valence-corrected chi connectivity index (χ3v) is 6.83. The molecule has 0 amide bonds. The molecule has 1 nitrogen and oxygen atoms in total. The van der Waals surface area contributed by atoms with Crippen LogP contribution in [0.5, 0.6) is 0 Å². The summed E-state index contributed by atoms with van der Waals surface area (Å²) in [6, 6.07) is 7.49. The van der Waals surface area contributed by atoms with Gasteiger partial charge in [0.2, 0.25) is 0 Å². The fourth-order valence-electron chi connectivity index (χ4n) is 5.86. The Morgan fingerprint density at radius 2 is 1.82 bits per heavy atom. The van der Waals surface area contributed by atoms with E-state index in [0.717, 1.165) is 0 Å². The lowest BCUT2D eigenvalue weighted by atomic mass is 9.52. The molecule has 1 aliphatic heterocycles. The minimum atomic E-state index is 0.215. The Kier molecular flexibility index (Phi) is 2.60. The molecular formula is C21H29N. The highest BCUT2D eigenvalue weighted by atomic mass is 15.0. The molecule has 1 aromatic carbocycles. The molecule has 4 rings (SSSR count). The van der Waals surface area contributed by atoms with Gasteiger partial charge in [-0.3, -0.25) is 0 Å². The summed E-state index contributed by atoms with van der Waals surface area (Å²) < 4.78 is 0. The third kappa shape index (κ3) is 1.60. The molecule has 1 heteroatoms. The first-order valence-corrected chi connectivity index (χ1v) is 8.77. The molecule has 1 saturated carbocycles. The Bertz CT molecular complexity index is 679. The van der Waals surface area contributed by atoms with Crippen molar-refractivity contribution in [3.63, 3.8) is 0 Å². The topological polar surface area (TPSA) is 12.0 Å². The van der Waals surface area contributed by atoms with Crippen LogP contribution in [-0.4, -0.2) is 6.04 Å². The monoisotopic (exact) mass is 295 g/mol. The molecule has 3 atom stereocenters. The van der Waals surface area contributed by atoms with Gasteiger partial charge in [-0.2, -0.15) is 0 Å². The maximum absolute atomic E-state index is 3.93. The summed E-state index contributed by atoms with van der Waals surface area (Å²) in [5.41, 5.74) is 6.82. The summed E-state index contributed by atoms with van der Waals surface area (Å²) in [6.45, 7) is 14.5. The van der Waals surface area contributed by atoms with Crippen molar-refractivity contribution in [1.82, 2.24) is 0 Å². The van der Waals surface area contributed by atoms with Crippen LogP contribution in [0.2, 0.25) is 0 Å². The van der Waals surface area contributed by atoms with E-state index in [2.05, 4.69) is 71.1 Å². The number of benzene rings is 1. The molecule has 1 fully saturated rings. The number of anilines is 1. The van der Waals surface area contributed by atoms with Gasteiger partial charge in [-0.05, 0) is 42.7 Å². The van der Waals surface area contributed by atoms with Gasteiger partial charge in [0.05, 0.1) is 0 Å². The Balaban J connectivity index is 1.96. The van der Waals surface area contributed by atoms with Gasteiger partial charge in [0, 0.05) is 22.6 Å². The average molecular weight is 295 g/mol. The molecule has 0 saturated heterocycles. The van der Waals surface area contributed by atoms with E-state index in [-0.39, 0.29) is 10.8 Å². The van der Waals surface area contributed by atoms with Gasteiger partial charge in [0.15, 0.2) is 0 Å². The molecule has 0 unspecified atom stereocenters. The van der Waals surface area contributed by atoms with Crippen LogP contribution in [0.15, 0.2) is 29.8 Å². The van der Waals surface area contributed by atoms with Crippen LogP contribution in [0.3, 0.4) is 0 Å². The van der Waals surface area contributed by atoms with Crippen LogP contribution in [-0.2, 0) is 0 Å². The van der Waals surface area contributed by atoms with E-state index in [1.807, 2.05) is 0 Å². The number of rotatable bonds is 0. The lowest BCUT2D eigenvalue weighted by molar-refractivity contribution is 0.126. The quantitative estimate of drug-likeness (QED) is 0.608. The molecule has 0 aromatic heterocycles. The Hall–Kier alpha value is -1.24. The minimum absolute atomic E-state index is 0.215. The third-order valence-electron chi connectivity index (χ3n) is 6.83. The van der Waals surface area contributed by atoms with Gasteiger partial charge in [0.1, 0.15) is 0 Å². The highest BCUT2D eigenvalue weighted by Crippen LogP contribution is 2.68. The lowest BCUT2D eigenvalue weighted by Gasteiger charge is -2.56. The van der Waals surface area contributed by atoms with Gasteiger partial charge in [0.25, 0.3) is 0 Å². The molecule has 2 aliphatic carbocycles. The Labute approximate surface area is 135 Å². The van der Waals surface area contributed by atoms with E-state index >= 15 is 0 Å². The number of hydrogen-bond donors (Lipinski definition) is 1. The molecule has 1 aromatic rings. The highest BCUT2D eigenvalue weighted by molar-refractivity contribution is 5.63. The van der Waals surface area contributed by atoms with Crippen molar-refractivity contribution in [2.24, 2.45) is 16.2 Å². The van der Waals surface area contributed by atoms with Gasteiger partial charge in [-0.25, -0.2) is 0 Å². The lowest BCUT2D eigenvalue weighted by Crippen LogP contribution is -2.53. The average Bonchev–Trinajstić information content (AvgIpc) is 2.63. The first-order chi connectivity index (χ1) is 10.2. The molecule has 0 spiro atoms. The van der Waals surface area contributed by atoms with Gasteiger partial charge >= 0.3 is 0 Å². The van der Waals surface area contributed by atoms with E-state index in [4.69, 9.17) is 0 Å². The molecular weight excluding hydrogens is 266 g/mol. The van der Waals surface area contributed by atoms with E-state index < -0.39 is 0 Å². The van der Waals surface area contributed by atoms with Gasteiger partial charge in [-0.15, -0.1) is 0 Å². The second-order valence-corrected chi connectivity index (χ2v) is 9.31. The van der Waals surface area contributed by atoms with Crippen LogP contribution in [0.4, 0.5) is 5.69 Å². The number of aryl methyl sites for hydroxylation is 1. The summed E-state index contributed by atoms with van der Waals surface area (Å²) in [4.78, 5) is 0. The first-order valence-electron chi connectivity index (χ1n) is 8.77. The first kappa shape index (κ1) is 14.4. The molecule has 1 heterocycles.